The highest BCUT2D eigenvalue weighted by molar-refractivity contribution is 5.73. The predicted molar refractivity (Wildman–Crippen MR) is 54.5 cm³/mol. The molecule has 0 radical (unpaired) electrons. The molecule has 0 heterocycles. The molecule has 0 unspecified atom stereocenters. The number of hydrogen-bond acceptors (Lipinski definition) is 1. The molecular formula is C11H21NO. The summed E-state index contributed by atoms with van der Waals surface area (Å²) in [5, 5.41) is 3.08. The van der Waals surface area contributed by atoms with Gasteiger partial charge in [0.2, 0.25) is 5.91 Å². The normalized spacial score (nSPS) is 29.4. The van der Waals surface area contributed by atoms with Gasteiger partial charge in [-0.3, -0.25) is 4.79 Å². The molecule has 1 fully saturated rings. The number of carbonyl (C=O) groups is 1. The topological polar surface area (TPSA) is 29.1 Å². The maximum absolute atomic E-state index is 11.0. The molecule has 2 atom stereocenters. The summed E-state index contributed by atoms with van der Waals surface area (Å²) in [6.45, 7) is 3.85. The summed E-state index contributed by atoms with van der Waals surface area (Å²) in [6.07, 6.45) is 7.63. The van der Waals surface area contributed by atoms with Gasteiger partial charge < -0.3 is 5.32 Å². The van der Waals surface area contributed by atoms with Crippen molar-refractivity contribution in [2.75, 3.05) is 0 Å². The maximum Gasteiger partial charge on any atom is 0.217 e. The fraction of sp³-hybridized carbons (Fsp3) is 0.909. The molecule has 1 aliphatic carbocycles. The fourth-order valence-electron chi connectivity index (χ4n) is 2.32. The van der Waals surface area contributed by atoms with Crippen LogP contribution in [0.15, 0.2) is 0 Å². The highest BCUT2D eigenvalue weighted by atomic mass is 16.1. The standard InChI is InChI=1S/C11H21NO/c1-3-10-7-5-4-6-8-11(10)12-9(2)13/h10-11H,3-8H2,1-2H3,(H,12,13)/t10-,11+/m0/s1. The van der Waals surface area contributed by atoms with Gasteiger partial charge in [-0.2, -0.15) is 0 Å². The molecule has 1 amide bonds. The third kappa shape index (κ3) is 3.37. The second-order valence-electron chi connectivity index (χ2n) is 4.11. The van der Waals surface area contributed by atoms with Crippen LogP contribution in [-0.4, -0.2) is 11.9 Å². The first-order chi connectivity index (χ1) is 6.24. The van der Waals surface area contributed by atoms with Gasteiger partial charge in [-0.05, 0) is 18.8 Å². The largest absolute Gasteiger partial charge is 0.353 e. The van der Waals surface area contributed by atoms with Crippen molar-refractivity contribution in [1.29, 1.82) is 0 Å². The second-order valence-corrected chi connectivity index (χ2v) is 4.11. The third-order valence-corrected chi connectivity index (χ3v) is 3.07. The van der Waals surface area contributed by atoms with E-state index in [9.17, 15) is 4.79 Å². The molecule has 0 spiro atoms. The Hall–Kier alpha value is -0.530. The summed E-state index contributed by atoms with van der Waals surface area (Å²) < 4.78 is 0. The number of nitrogens with one attached hydrogen (secondary N) is 1. The summed E-state index contributed by atoms with van der Waals surface area (Å²) in [6, 6.07) is 0.449. The Bertz CT molecular complexity index is 167. The van der Waals surface area contributed by atoms with Crippen molar-refractivity contribution in [3.05, 3.63) is 0 Å². The van der Waals surface area contributed by atoms with E-state index < -0.39 is 0 Å². The van der Waals surface area contributed by atoms with E-state index >= 15 is 0 Å². The smallest absolute Gasteiger partial charge is 0.217 e. The Morgan fingerprint density at radius 1 is 1.31 bits per heavy atom. The van der Waals surface area contributed by atoms with Crippen LogP contribution in [0.2, 0.25) is 0 Å². The van der Waals surface area contributed by atoms with Crippen molar-refractivity contribution in [3.8, 4) is 0 Å². The van der Waals surface area contributed by atoms with Crippen molar-refractivity contribution >= 4 is 5.91 Å². The lowest BCUT2D eigenvalue weighted by Gasteiger charge is -2.24. The van der Waals surface area contributed by atoms with E-state index in [1.165, 1.54) is 38.5 Å². The molecular weight excluding hydrogens is 162 g/mol. The number of amides is 1. The highest BCUT2D eigenvalue weighted by Gasteiger charge is 2.22. The molecule has 2 heteroatoms. The van der Waals surface area contributed by atoms with E-state index in [1.807, 2.05) is 0 Å². The lowest BCUT2D eigenvalue weighted by Crippen LogP contribution is -2.38. The number of hydrogen-bond donors (Lipinski definition) is 1. The maximum atomic E-state index is 11.0. The van der Waals surface area contributed by atoms with Crippen LogP contribution in [0.3, 0.4) is 0 Å². The minimum atomic E-state index is 0.130. The van der Waals surface area contributed by atoms with Gasteiger partial charge in [0.05, 0.1) is 0 Å². The Labute approximate surface area is 81.1 Å². The van der Waals surface area contributed by atoms with Crippen LogP contribution < -0.4 is 5.32 Å². The van der Waals surface area contributed by atoms with Crippen molar-refractivity contribution < 1.29 is 4.79 Å². The lowest BCUT2D eigenvalue weighted by atomic mass is 9.92. The average molecular weight is 183 g/mol. The SMILES string of the molecule is CC[C@H]1CCCCC[C@H]1NC(C)=O. The molecule has 13 heavy (non-hydrogen) atoms. The van der Waals surface area contributed by atoms with Crippen molar-refractivity contribution in [2.45, 2.75) is 58.4 Å². The second kappa shape index (κ2) is 5.25. The van der Waals surface area contributed by atoms with E-state index in [-0.39, 0.29) is 5.91 Å². The molecule has 0 bridgehead atoms. The molecule has 76 valence electrons. The number of rotatable bonds is 2. The van der Waals surface area contributed by atoms with Gasteiger partial charge in [0.1, 0.15) is 0 Å². The van der Waals surface area contributed by atoms with E-state index in [4.69, 9.17) is 0 Å². The van der Waals surface area contributed by atoms with Gasteiger partial charge in [0, 0.05) is 13.0 Å². The van der Waals surface area contributed by atoms with Crippen LogP contribution in [0.25, 0.3) is 0 Å². The zero-order valence-electron chi connectivity index (χ0n) is 8.81. The van der Waals surface area contributed by atoms with E-state index in [1.54, 1.807) is 6.92 Å². The zero-order valence-corrected chi connectivity index (χ0v) is 8.81. The summed E-state index contributed by atoms with van der Waals surface area (Å²) in [4.78, 5) is 11.0. The summed E-state index contributed by atoms with van der Waals surface area (Å²) in [5.74, 6) is 0.844. The van der Waals surface area contributed by atoms with Gasteiger partial charge in [-0.1, -0.05) is 32.6 Å². The first-order valence-corrected chi connectivity index (χ1v) is 5.51. The van der Waals surface area contributed by atoms with Crippen molar-refractivity contribution in [3.63, 3.8) is 0 Å². The average Bonchev–Trinajstić information content (AvgIpc) is 2.28. The van der Waals surface area contributed by atoms with Gasteiger partial charge >= 0.3 is 0 Å². The quantitative estimate of drug-likeness (QED) is 0.655. The molecule has 2 nitrogen and oxygen atoms in total. The van der Waals surface area contributed by atoms with Gasteiger partial charge in [-0.15, -0.1) is 0 Å². The van der Waals surface area contributed by atoms with Gasteiger partial charge in [0.15, 0.2) is 0 Å². The summed E-state index contributed by atoms with van der Waals surface area (Å²) >= 11 is 0. The molecule has 0 aromatic carbocycles. The van der Waals surface area contributed by atoms with Crippen LogP contribution >= 0.6 is 0 Å². The molecule has 1 aliphatic rings. The van der Waals surface area contributed by atoms with Crippen molar-refractivity contribution in [1.82, 2.24) is 5.32 Å². The summed E-state index contributed by atoms with van der Waals surface area (Å²) in [7, 11) is 0. The zero-order chi connectivity index (χ0) is 9.68. The van der Waals surface area contributed by atoms with E-state index in [0.717, 1.165) is 0 Å². The minimum absolute atomic E-state index is 0.130. The Balaban J connectivity index is 2.48. The first-order valence-electron chi connectivity index (χ1n) is 5.51. The molecule has 0 aliphatic heterocycles. The minimum Gasteiger partial charge on any atom is -0.353 e. The Kier molecular flexibility index (Phi) is 4.26. The predicted octanol–water partition coefficient (Wildman–Crippen LogP) is 2.48. The van der Waals surface area contributed by atoms with Crippen LogP contribution in [0.1, 0.15) is 52.4 Å². The molecule has 1 N–H and O–H groups in total. The Morgan fingerprint density at radius 2 is 2.00 bits per heavy atom. The molecule has 1 rings (SSSR count). The number of carbonyl (C=O) groups excluding carboxylic acids is 1. The monoisotopic (exact) mass is 183 g/mol. The lowest BCUT2D eigenvalue weighted by molar-refractivity contribution is -0.120. The fourth-order valence-corrected chi connectivity index (χ4v) is 2.32. The Morgan fingerprint density at radius 3 is 2.62 bits per heavy atom. The van der Waals surface area contributed by atoms with Crippen LogP contribution in [0.5, 0.6) is 0 Å². The van der Waals surface area contributed by atoms with E-state index in [0.29, 0.717) is 12.0 Å². The van der Waals surface area contributed by atoms with Crippen LogP contribution in [-0.2, 0) is 4.79 Å². The molecule has 0 aromatic rings. The van der Waals surface area contributed by atoms with Crippen LogP contribution in [0.4, 0.5) is 0 Å². The highest BCUT2D eigenvalue weighted by Crippen LogP contribution is 2.25. The van der Waals surface area contributed by atoms with Crippen LogP contribution in [0, 0.1) is 5.92 Å². The summed E-state index contributed by atoms with van der Waals surface area (Å²) in [5.41, 5.74) is 0. The third-order valence-electron chi connectivity index (χ3n) is 3.07. The first kappa shape index (κ1) is 10.6. The van der Waals surface area contributed by atoms with Crippen molar-refractivity contribution in [2.24, 2.45) is 5.92 Å². The van der Waals surface area contributed by atoms with Gasteiger partial charge in [0.25, 0.3) is 0 Å². The molecule has 1 saturated carbocycles. The molecule has 0 aromatic heterocycles. The molecule has 0 saturated heterocycles. The van der Waals surface area contributed by atoms with Gasteiger partial charge in [-0.25, -0.2) is 0 Å². The van der Waals surface area contributed by atoms with E-state index in [2.05, 4.69) is 12.2 Å².